The third-order valence-electron chi connectivity index (χ3n) is 2.07. The Kier molecular flexibility index (Phi) is 0.488. The van der Waals surface area contributed by atoms with Crippen molar-refractivity contribution >= 4 is 22.6 Å². The van der Waals surface area contributed by atoms with Crippen LogP contribution in [0.3, 0.4) is 0 Å². The summed E-state index contributed by atoms with van der Waals surface area (Å²) in [5, 5.41) is 0. The molecule has 2 aliphatic carbocycles. The molecule has 0 nitrogen and oxygen atoms in total. The molecule has 2 atom stereocenters. The van der Waals surface area contributed by atoms with Gasteiger partial charge in [-0.2, -0.15) is 0 Å². The zero-order chi connectivity index (χ0) is 4.20. The third-order valence-corrected chi connectivity index (χ3v) is 3.93. The molecule has 0 aliphatic heterocycles. The highest BCUT2D eigenvalue weighted by molar-refractivity contribution is 14.1. The van der Waals surface area contributed by atoms with Crippen molar-refractivity contribution in [3.8, 4) is 0 Å². The van der Waals surface area contributed by atoms with E-state index in [0.717, 1.165) is 9.34 Å². The van der Waals surface area contributed by atoms with E-state index in [4.69, 9.17) is 0 Å². The molecular weight excluding hydrogens is 187 g/mol. The Morgan fingerprint density at radius 3 is 2.33 bits per heavy atom. The van der Waals surface area contributed by atoms with Gasteiger partial charge in [-0.15, -0.1) is 0 Å². The molecule has 0 N–H and O–H groups in total. The van der Waals surface area contributed by atoms with Crippen molar-refractivity contribution in [3.05, 3.63) is 0 Å². The molecule has 0 spiro atoms. The molecule has 2 aliphatic rings. The minimum absolute atomic E-state index is 0.859. The highest BCUT2D eigenvalue weighted by Crippen LogP contribution is 2.65. The molecule has 2 saturated carbocycles. The number of fused-ring (bicyclic) bond motifs is 1. The lowest BCUT2D eigenvalue weighted by atomic mass is 10.0. The summed E-state index contributed by atoms with van der Waals surface area (Å²) in [7, 11) is 0. The number of hydrogen-bond donors (Lipinski definition) is 0. The van der Waals surface area contributed by atoms with E-state index in [1.54, 1.807) is 0 Å². The van der Waals surface area contributed by atoms with Gasteiger partial charge >= 0.3 is 0 Å². The Balaban J connectivity index is 2.22. The average Bonchev–Trinajstić information content (AvgIpc) is 1.88. The second-order valence-corrected chi connectivity index (χ2v) is 4.62. The summed E-state index contributed by atoms with van der Waals surface area (Å²) in [5.41, 5.74) is 0. The van der Waals surface area contributed by atoms with Crippen molar-refractivity contribution in [2.75, 3.05) is 0 Å². The number of rotatable bonds is 0. The maximum Gasteiger partial charge on any atom is 0.0254 e. The number of hydrogen-bond acceptors (Lipinski definition) is 0. The van der Waals surface area contributed by atoms with Crippen LogP contribution in [0, 0.1) is 5.92 Å². The molecule has 34 valence electrons. The van der Waals surface area contributed by atoms with E-state index >= 15 is 0 Å². The van der Waals surface area contributed by atoms with Crippen LogP contribution in [0.25, 0.3) is 0 Å². The number of alkyl halides is 1. The van der Waals surface area contributed by atoms with Gasteiger partial charge in [-0.05, 0) is 25.2 Å². The summed E-state index contributed by atoms with van der Waals surface area (Å²) in [6.07, 6.45) is 4.58. The van der Waals surface area contributed by atoms with Crippen LogP contribution >= 0.6 is 22.6 Å². The molecule has 2 rings (SSSR count). The minimum Gasteiger partial charge on any atom is -0.0786 e. The van der Waals surface area contributed by atoms with Crippen LogP contribution in [0.5, 0.6) is 0 Å². The molecule has 0 aromatic carbocycles. The topological polar surface area (TPSA) is 0 Å². The molecule has 0 aromatic heterocycles. The van der Waals surface area contributed by atoms with Crippen LogP contribution in [0.1, 0.15) is 19.3 Å². The standard InChI is InChI=1S/C5H7I/c6-5-2-1-4(5)3-5/h4H,1-3H2. The van der Waals surface area contributed by atoms with Crippen LogP contribution in [-0.2, 0) is 0 Å². The third kappa shape index (κ3) is 0.266. The van der Waals surface area contributed by atoms with Crippen LogP contribution in [-0.4, -0.2) is 3.42 Å². The summed E-state index contributed by atoms with van der Waals surface area (Å²) < 4.78 is 0.859. The quantitative estimate of drug-likeness (QED) is 0.408. The van der Waals surface area contributed by atoms with Crippen molar-refractivity contribution in [1.29, 1.82) is 0 Å². The van der Waals surface area contributed by atoms with Crippen LogP contribution < -0.4 is 0 Å². The molecule has 0 aromatic rings. The van der Waals surface area contributed by atoms with Gasteiger partial charge in [0.25, 0.3) is 0 Å². The summed E-state index contributed by atoms with van der Waals surface area (Å²) >= 11 is 2.60. The van der Waals surface area contributed by atoms with E-state index in [1.165, 1.54) is 19.3 Å². The maximum absolute atomic E-state index is 2.60. The lowest BCUT2D eigenvalue weighted by Crippen LogP contribution is -2.11. The van der Waals surface area contributed by atoms with Crippen molar-refractivity contribution < 1.29 is 0 Å². The van der Waals surface area contributed by atoms with E-state index in [2.05, 4.69) is 22.6 Å². The zero-order valence-electron chi connectivity index (χ0n) is 3.58. The largest absolute Gasteiger partial charge is 0.0786 e. The van der Waals surface area contributed by atoms with E-state index in [9.17, 15) is 0 Å². The predicted molar refractivity (Wildman–Crippen MR) is 34.1 cm³/mol. The fourth-order valence-corrected chi connectivity index (χ4v) is 2.37. The minimum atomic E-state index is 0.859. The maximum atomic E-state index is 2.60. The Morgan fingerprint density at radius 2 is 2.33 bits per heavy atom. The van der Waals surface area contributed by atoms with Gasteiger partial charge < -0.3 is 0 Å². The second kappa shape index (κ2) is 0.791. The van der Waals surface area contributed by atoms with Crippen LogP contribution in [0.15, 0.2) is 0 Å². The van der Waals surface area contributed by atoms with E-state index in [1.807, 2.05) is 0 Å². The zero-order valence-corrected chi connectivity index (χ0v) is 5.73. The predicted octanol–water partition coefficient (Wildman–Crippen LogP) is 1.97. The molecule has 1 heteroatoms. The van der Waals surface area contributed by atoms with Gasteiger partial charge in [0.05, 0.1) is 0 Å². The lowest BCUT2D eigenvalue weighted by Gasteiger charge is -2.16. The Hall–Kier alpha value is 0.730. The van der Waals surface area contributed by atoms with E-state index in [-0.39, 0.29) is 0 Å². The van der Waals surface area contributed by atoms with E-state index in [0.29, 0.717) is 0 Å². The monoisotopic (exact) mass is 194 g/mol. The summed E-state index contributed by atoms with van der Waals surface area (Å²) in [5.74, 6) is 1.16. The average molecular weight is 194 g/mol. The first-order valence-corrected chi connectivity index (χ1v) is 3.58. The summed E-state index contributed by atoms with van der Waals surface area (Å²) in [6, 6.07) is 0. The van der Waals surface area contributed by atoms with Crippen LogP contribution in [0.4, 0.5) is 0 Å². The first-order valence-electron chi connectivity index (χ1n) is 2.50. The van der Waals surface area contributed by atoms with Crippen molar-refractivity contribution in [1.82, 2.24) is 0 Å². The Labute approximate surface area is 51.4 Å². The van der Waals surface area contributed by atoms with Gasteiger partial charge in [-0.1, -0.05) is 22.6 Å². The molecule has 0 bridgehead atoms. The van der Waals surface area contributed by atoms with Crippen molar-refractivity contribution in [2.24, 2.45) is 5.92 Å². The molecule has 2 fully saturated rings. The van der Waals surface area contributed by atoms with Gasteiger partial charge in [0, 0.05) is 3.42 Å². The highest BCUT2D eigenvalue weighted by atomic mass is 127. The SMILES string of the molecule is IC12CCC1C2. The van der Waals surface area contributed by atoms with Crippen molar-refractivity contribution in [3.63, 3.8) is 0 Å². The van der Waals surface area contributed by atoms with Crippen molar-refractivity contribution in [2.45, 2.75) is 22.7 Å². The molecule has 2 unspecified atom stereocenters. The normalized spacial score (nSPS) is 62.5. The Bertz CT molecular complexity index is 85.9. The molecule has 6 heavy (non-hydrogen) atoms. The fourth-order valence-electron chi connectivity index (χ4n) is 1.22. The second-order valence-electron chi connectivity index (χ2n) is 2.47. The molecule has 0 amide bonds. The Morgan fingerprint density at radius 1 is 1.67 bits per heavy atom. The first kappa shape index (κ1) is 3.70. The highest BCUT2D eigenvalue weighted by Gasteiger charge is 2.58. The lowest BCUT2D eigenvalue weighted by molar-refractivity contribution is 0.521. The fraction of sp³-hybridized carbons (Fsp3) is 1.00. The summed E-state index contributed by atoms with van der Waals surface area (Å²) in [6.45, 7) is 0. The molecular formula is C5H7I. The number of halogens is 1. The van der Waals surface area contributed by atoms with E-state index < -0.39 is 0 Å². The van der Waals surface area contributed by atoms with Gasteiger partial charge in [-0.25, -0.2) is 0 Å². The van der Waals surface area contributed by atoms with Gasteiger partial charge in [0.15, 0.2) is 0 Å². The first-order chi connectivity index (χ1) is 2.81. The van der Waals surface area contributed by atoms with Gasteiger partial charge in [-0.3, -0.25) is 0 Å². The van der Waals surface area contributed by atoms with Gasteiger partial charge in [0.1, 0.15) is 0 Å². The van der Waals surface area contributed by atoms with Crippen LogP contribution in [0.2, 0.25) is 0 Å². The summed E-state index contributed by atoms with van der Waals surface area (Å²) in [4.78, 5) is 0. The molecule has 0 radical (unpaired) electrons. The molecule has 0 saturated heterocycles. The van der Waals surface area contributed by atoms with Gasteiger partial charge in [0.2, 0.25) is 0 Å². The molecule has 0 heterocycles. The smallest absolute Gasteiger partial charge is 0.0254 e.